The van der Waals surface area contributed by atoms with Crippen LogP contribution in [0.1, 0.15) is 5.56 Å². The van der Waals surface area contributed by atoms with Gasteiger partial charge in [0.1, 0.15) is 5.52 Å². The number of amides is 1. The summed E-state index contributed by atoms with van der Waals surface area (Å²) < 4.78 is 0.852. The fourth-order valence-corrected chi connectivity index (χ4v) is 2.83. The number of likely N-dealkylation sites (N-methyl/N-ethyl adjacent to an activating group) is 1. The topological polar surface area (TPSA) is 82.5 Å². The first-order valence-corrected chi connectivity index (χ1v) is 7.74. The number of anilines is 1. The maximum Gasteiger partial charge on any atom is 0.407 e. The summed E-state index contributed by atoms with van der Waals surface area (Å²) in [5, 5.41) is 9.26. The van der Waals surface area contributed by atoms with Crippen molar-refractivity contribution in [3.8, 4) is 0 Å². The van der Waals surface area contributed by atoms with Gasteiger partial charge in [-0.2, -0.15) is 0 Å². The molecule has 116 valence electrons. The zero-order valence-electron chi connectivity index (χ0n) is 11.9. The van der Waals surface area contributed by atoms with Crippen LogP contribution in [0.4, 0.5) is 10.6 Å². The zero-order valence-corrected chi connectivity index (χ0v) is 14.3. The van der Waals surface area contributed by atoms with E-state index in [0.29, 0.717) is 35.2 Å². The number of carboxylic acid groups (broad SMARTS) is 1. The second kappa shape index (κ2) is 5.51. The van der Waals surface area contributed by atoms with Crippen molar-refractivity contribution in [3.05, 3.63) is 21.4 Å². The Bertz CT molecular complexity index is 766. The van der Waals surface area contributed by atoms with Crippen molar-refractivity contribution in [3.63, 3.8) is 0 Å². The van der Waals surface area contributed by atoms with Gasteiger partial charge in [0.05, 0.1) is 6.04 Å². The summed E-state index contributed by atoms with van der Waals surface area (Å²) in [6, 6.07) is -0.0642. The minimum absolute atomic E-state index is 0.0642. The lowest BCUT2D eigenvalue weighted by atomic mass is 10.1. The van der Waals surface area contributed by atoms with Crippen LogP contribution in [0.2, 0.25) is 5.15 Å². The Morgan fingerprint density at radius 3 is 2.82 bits per heavy atom. The Kier molecular flexibility index (Phi) is 3.82. The van der Waals surface area contributed by atoms with Gasteiger partial charge in [0, 0.05) is 30.8 Å². The van der Waals surface area contributed by atoms with Gasteiger partial charge in [-0.1, -0.05) is 11.6 Å². The fraction of sp³-hybridized carbons (Fsp3) is 0.385. The average molecular weight is 387 g/mol. The molecule has 0 radical (unpaired) electrons. The Morgan fingerprint density at radius 1 is 1.50 bits per heavy atom. The first-order valence-electron chi connectivity index (χ1n) is 6.57. The molecule has 1 fully saturated rings. The summed E-state index contributed by atoms with van der Waals surface area (Å²) in [5.74, 6) is 0.540. The zero-order chi connectivity index (χ0) is 16.0. The number of aryl methyl sites for hydroxylation is 1. The highest BCUT2D eigenvalue weighted by molar-refractivity contribution is 9.10. The number of aromatic nitrogens is 3. The Balaban J connectivity index is 1.89. The number of hydrogen-bond acceptors (Lipinski definition) is 5. The highest BCUT2D eigenvalue weighted by Crippen LogP contribution is 2.31. The van der Waals surface area contributed by atoms with Gasteiger partial charge >= 0.3 is 6.09 Å². The maximum absolute atomic E-state index is 10.9. The summed E-state index contributed by atoms with van der Waals surface area (Å²) >= 11 is 9.64. The maximum atomic E-state index is 10.9. The van der Waals surface area contributed by atoms with Crippen LogP contribution in [0, 0.1) is 6.92 Å². The van der Waals surface area contributed by atoms with E-state index in [4.69, 9.17) is 16.7 Å². The molecule has 0 unspecified atom stereocenters. The van der Waals surface area contributed by atoms with Gasteiger partial charge in [-0.3, -0.25) is 0 Å². The lowest BCUT2D eigenvalue weighted by Gasteiger charge is -2.43. The molecule has 0 saturated carbocycles. The minimum Gasteiger partial charge on any atom is -0.465 e. The molecule has 0 atom stereocenters. The van der Waals surface area contributed by atoms with Crippen LogP contribution in [-0.4, -0.2) is 57.2 Å². The molecule has 2 aromatic heterocycles. The average Bonchev–Trinajstić information content (AvgIpc) is 2.42. The van der Waals surface area contributed by atoms with Crippen molar-refractivity contribution in [2.24, 2.45) is 0 Å². The van der Waals surface area contributed by atoms with Crippen molar-refractivity contribution in [2.75, 3.05) is 25.0 Å². The quantitative estimate of drug-likeness (QED) is 0.854. The summed E-state index contributed by atoms with van der Waals surface area (Å²) in [6.07, 6.45) is 0.740. The standard InChI is InChI=1S/C13H13BrClN5O2/c1-6-8(14)3-16-11-9(6)17-10(15)12(18-11)20-4-7(5-20)19(2)13(21)22/h3,7H,4-5H2,1-2H3,(H,21,22). The molecule has 0 spiro atoms. The van der Waals surface area contributed by atoms with Crippen LogP contribution in [0.5, 0.6) is 0 Å². The summed E-state index contributed by atoms with van der Waals surface area (Å²) in [7, 11) is 1.56. The van der Waals surface area contributed by atoms with E-state index in [1.54, 1.807) is 13.2 Å². The van der Waals surface area contributed by atoms with Crippen LogP contribution in [0.15, 0.2) is 10.7 Å². The highest BCUT2D eigenvalue weighted by atomic mass is 79.9. The summed E-state index contributed by atoms with van der Waals surface area (Å²) in [6.45, 7) is 3.00. The molecule has 9 heteroatoms. The molecule has 3 rings (SSSR count). The monoisotopic (exact) mass is 385 g/mol. The molecule has 0 bridgehead atoms. The molecule has 1 N–H and O–H groups in total. The third kappa shape index (κ3) is 2.46. The number of carbonyl (C=O) groups is 1. The van der Waals surface area contributed by atoms with E-state index in [9.17, 15) is 4.79 Å². The second-order valence-electron chi connectivity index (χ2n) is 5.19. The van der Waals surface area contributed by atoms with Gasteiger partial charge in [-0.15, -0.1) is 0 Å². The molecule has 0 aliphatic carbocycles. The van der Waals surface area contributed by atoms with Crippen molar-refractivity contribution >= 4 is 50.6 Å². The molecule has 1 amide bonds. The molecule has 1 saturated heterocycles. The van der Waals surface area contributed by atoms with Crippen LogP contribution >= 0.6 is 27.5 Å². The number of fused-ring (bicyclic) bond motifs is 1. The predicted octanol–water partition coefficient (Wildman–Crippen LogP) is 2.55. The van der Waals surface area contributed by atoms with Gasteiger partial charge in [0.2, 0.25) is 0 Å². The number of pyridine rings is 1. The van der Waals surface area contributed by atoms with Crippen molar-refractivity contribution in [2.45, 2.75) is 13.0 Å². The van der Waals surface area contributed by atoms with E-state index >= 15 is 0 Å². The van der Waals surface area contributed by atoms with E-state index in [1.807, 2.05) is 11.8 Å². The van der Waals surface area contributed by atoms with E-state index in [1.165, 1.54) is 4.90 Å². The summed E-state index contributed by atoms with van der Waals surface area (Å²) in [4.78, 5) is 27.2. The molecular weight excluding hydrogens is 374 g/mol. The second-order valence-corrected chi connectivity index (χ2v) is 6.41. The number of halogens is 2. The van der Waals surface area contributed by atoms with E-state index in [0.717, 1.165) is 10.0 Å². The van der Waals surface area contributed by atoms with Gasteiger partial charge in [0.15, 0.2) is 16.6 Å². The lowest BCUT2D eigenvalue weighted by Crippen LogP contribution is -2.60. The number of nitrogens with zero attached hydrogens (tertiary/aromatic N) is 5. The van der Waals surface area contributed by atoms with Gasteiger partial charge in [-0.05, 0) is 28.4 Å². The van der Waals surface area contributed by atoms with Crippen molar-refractivity contribution < 1.29 is 9.90 Å². The fourth-order valence-electron chi connectivity index (χ4n) is 2.30. The smallest absolute Gasteiger partial charge is 0.407 e. The minimum atomic E-state index is -0.942. The Morgan fingerprint density at radius 2 is 2.18 bits per heavy atom. The largest absolute Gasteiger partial charge is 0.465 e. The molecule has 1 aliphatic heterocycles. The molecule has 1 aliphatic rings. The molecule has 0 aromatic carbocycles. The van der Waals surface area contributed by atoms with E-state index in [-0.39, 0.29) is 6.04 Å². The molecule has 2 aromatic rings. The van der Waals surface area contributed by atoms with Crippen LogP contribution in [0.25, 0.3) is 11.2 Å². The van der Waals surface area contributed by atoms with Gasteiger partial charge in [-0.25, -0.2) is 19.7 Å². The third-order valence-electron chi connectivity index (χ3n) is 3.84. The first-order chi connectivity index (χ1) is 10.4. The SMILES string of the molecule is Cc1c(Br)cnc2nc(N3CC(N(C)C(=O)O)C3)c(Cl)nc12. The third-order valence-corrected chi connectivity index (χ3v) is 4.90. The Hall–Kier alpha value is -1.67. The van der Waals surface area contributed by atoms with Crippen LogP contribution in [-0.2, 0) is 0 Å². The van der Waals surface area contributed by atoms with E-state index in [2.05, 4.69) is 30.9 Å². The van der Waals surface area contributed by atoms with Crippen LogP contribution in [0.3, 0.4) is 0 Å². The predicted molar refractivity (Wildman–Crippen MR) is 86.6 cm³/mol. The Labute approximate surface area is 140 Å². The molecular formula is C13H13BrClN5O2. The van der Waals surface area contributed by atoms with Crippen molar-refractivity contribution in [1.29, 1.82) is 0 Å². The van der Waals surface area contributed by atoms with Gasteiger partial charge < -0.3 is 14.9 Å². The normalized spacial score (nSPS) is 15.0. The number of rotatable bonds is 2. The van der Waals surface area contributed by atoms with Crippen molar-refractivity contribution in [1.82, 2.24) is 19.9 Å². The lowest BCUT2D eigenvalue weighted by molar-refractivity contribution is 0.130. The van der Waals surface area contributed by atoms with Crippen LogP contribution < -0.4 is 4.90 Å². The first kappa shape index (κ1) is 15.2. The summed E-state index contributed by atoms with van der Waals surface area (Å²) in [5.41, 5.74) is 2.11. The molecule has 22 heavy (non-hydrogen) atoms. The highest BCUT2D eigenvalue weighted by Gasteiger charge is 2.34. The number of hydrogen-bond donors (Lipinski definition) is 1. The van der Waals surface area contributed by atoms with Gasteiger partial charge in [0.25, 0.3) is 0 Å². The molecule has 7 nitrogen and oxygen atoms in total. The molecule has 3 heterocycles. The van der Waals surface area contributed by atoms with E-state index < -0.39 is 6.09 Å².